The second kappa shape index (κ2) is 11.0. The van der Waals surface area contributed by atoms with Gasteiger partial charge in [-0.2, -0.15) is 0 Å². The Morgan fingerprint density at radius 1 is 1.13 bits per heavy atom. The maximum atomic E-state index is 13.0. The number of fused-ring (bicyclic) bond motifs is 1. The number of amides is 2. The molecule has 39 heavy (non-hydrogen) atoms. The molecule has 0 radical (unpaired) electrons. The van der Waals surface area contributed by atoms with E-state index in [2.05, 4.69) is 25.3 Å². The summed E-state index contributed by atoms with van der Waals surface area (Å²) in [6, 6.07) is 12.5. The number of carbonyl (C=O) groups is 2. The number of anilines is 1. The summed E-state index contributed by atoms with van der Waals surface area (Å²) in [5.74, 6) is -0.889. The first-order chi connectivity index (χ1) is 18.7. The van der Waals surface area contributed by atoms with Gasteiger partial charge >= 0.3 is 6.36 Å². The van der Waals surface area contributed by atoms with Gasteiger partial charge in [0.15, 0.2) is 0 Å². The number of benzene rings is 2. The van der Waals surface area contributed by atoms with Crippen molar-refractivity contribution in [2.45, 2.75) is 32.5 Å². The number of halogens is 3. The van der Waals surface area contributed by atoms with E-state index in [1.54, 1.807) is 30.3 Å². The van der Waals surface area contributed by atoms with Gasteiger partial charge in [0.2, 0.25) is 0 Å². The van der Waals surface area contributed by atoms with Crippen LogP contribution < -0.4 is 15.4 Å². The average Bonchev–Trinajstić information content (AvgIpc) is 3.61. The minimum atomic E-state index is -4.78. The number of aryl methyl sites for hydroxylation is 1. The smallest absolute Gasteiger partial charge is 0.406 e. The molecule has 3 heterocycles. The third-order valence-electron chi connectivity index (χ3n) is 6.88. The molecule has 0 saturated carbocycles. The summed E-state index contributed by atoms with van der Waals surface area (Å²) in [5, 5.41) is 5.83. The van der Waals surface area contributed by atoms with Crippen LogP contribution in [0, 0.1) is 6.92 Å². The molecule has 2 aromatic carbocycles. The van der Waals surface area contributed by atoms with Crippen LogP contribution in [0.25, 0.3) is 22.8 Å². The SMILES string of the molecule is Cc1cc(C(=O)NCCCN2CCCC2)c(C=C2C(=O)Nc3cccc(-c4ccc(OC(F)(F)F)cc4)c32)[nH]1. The molecule has 10 heteroatoms. The number of hydrogen-bond donors (Lipinski definition) is 3. The van der Waals surface area contributed by atoms with Crippen molar-refractivity contribution in [3.05, 3.63) is 71.0 Å². The van der Waals surface area contributed by atoms with Crippen molar-refractivity contribution < 1.29 is 27.5 Å². The quantitative estimate of drug-likeness (QED) is 0.258. The molecule has 3 aromatic rings. The lowest BCUT2D eigenvalue weighted by atomic mass is 9.94. The maximum absolute atomic E-state index is 13.0. The lowest BCUT2D eigenvalue weighted by Crippen LogP contribution is -2.28. The molecule has 1 saturated heterocycles. The van der Waals surface area contributed by atoms with Crippen LogP contribution in [-0.4, -0.2) is 54.2 Å². The van der Waals surface area contributed by atoms with Crippen molar-refractivity contribution in [3.63, 3.8) is 0 Å². The van der Waals surface area contributed by atoms with Gasteiger partial charge in [0, 0.05) is 23.5 Å². The van der Waals surface area contributed by atoms with Crippen LogP contribution in [0.5, 0.6) is 5.75 Å². The summed E-state index contributed by atoms with van der Waals surface area (Å²) in [6.45, 7) is 5.56. The first-order valence-electron chi connectivity index (χ1n) is 12.9. The number of rotatable bonds is 8. The minimum absolute atomic E-state index is 0.222. The number of nitrogens with one attached hydrogen (secondary N) is 3. The highest BCUT2D eigenvalue weighted by atomic mass is 19.4. The van der Waals surface area contributed by atoms with Crippen LogP contribution in [0.2, 0.25) is 0 Å². The molecule has 1 fully saturated rings. The average molecular weight is 539 g/mol. The highest BCUT2D eigenvalue weighted by Gasteiger charge is 2.31. The second-order valence-corrected chi connectivity index (χ2v) is 9.75. The van der Waals surface area contributed by atoms with Gasteiger partial charge in [-0.05, 0) is 87.3 Å². The van der Waals surface area contributed by atoms with E-state index >= 15 is 0 Å². The van der Waals surface area contributed by atoms with E-state index < -0.39 is 6.36 Å². The summed E-state index contributed by atoms with van der Waals surface area (Å²) < 4.78 is 41.7. The Bertz CT molecular complexity index is 1400. The maximum Gasteiger partial charge on any atom is 0.573 e. The topological polar surface area (TPSA) is 86.5 Å². The van der Waals surface area contributed by atoms with E-state index in [0.717, 1.165) is 31.7 Å². The fraction of sp³-hybridized carbons (Fsp3) is 0.310. The number of aromatic nitrogens is 1. The molecule has 2 aliphatic heterocycles. The van der Waals surface area contributed by atoms with Gasteiger partial charge in [-0.1, -0.05) is 24.3 Å². The van der Waals surface area contributed by atoms with E-state index in [1.165, 1.54) is 37.1 Å². The lowest BCUT2D eigenvalue weighted by Gasteiger charge is -2.14. The number of hydrogen-bond acceptors (Lipinski definition) is 4. The molecular weight excluding hydrogens is 509 g/mol. The molecule has 0 aliphatic carbocycles. The molecule has 0 atom stereocenters. The van der Waals surface area contributed by atoms with Crippen LogP contribution >= 0.6 is 0 Å². The summed E-state index contributed by atoms with van der Waals surface area (Å²) in [7, 11) is 0. The zero-order valence-corrected chi connectivity index (χ0v) is 21.5. The van der Waals surface area contributed by atoms with Crippen molar-refractivity contribution in [1.82, 2.24) is 15.2 Å². The Hall–Kier alpha value is -4.05. The third kappa shape index (κ3) is 6.17. The van der Waals surface area contributed by atoms with Gasteiger partial charge in [0.1, 0.15) is 5.75 Å². The van der Waals surface area contributed by atoms with Crippen molar-refractivity contribution in [3.8, 4) is 16.9 Å². The molecular formula is C29H29F3N4O3. The van der Waals surface area contributed by atoms with E-state index in [0.29, 0.717) is 45.8 Å². The minimum Gasteiger partial charge on any atom is -0.406 e. The second-order valence-electron chi connectivity index (χ2n) is 9.75. The first kappa shape index (κ1) is 26.6. The molecule has 2 aliphatic rings. The predicted octanol–water partition coefficient (Wildman–Crippen LogP) is 5.60. The summed E-state index contributed by atoms with van der Waals surface area (Å²) >= 11 is 0. The standard InChI is InChI=1S/C29H29F3N4O3/c1-18-16-22(27(37)33-12-5-15-36-13-2-3-14-36)25(34-18)17-23-26-21(6-4-7-24(26)35-28(23)38)19-8-10-20(11-9-19)39-29(30,31)32/h4,6-11,16-17,34H,2-3,5,12-15H2,1H3,(H,33,37)(H,35,38). The molecule has 1 aromatic heterocycles. The van der Waals surface area contributed by atoms with Gasteiger partial charge in [-0.3, -0.25) is 9.59 Å². The summed E-state index contributed by atoms with van der Waals surface area (Å²) in [4.78, 5) is 31.6. The van der Waals surface area contributed by atoms with E-state index in [1.807, 2.05) is 6.92 Å². The highest BCUT2D eigenvalue weighted by molar-refractivity contribution is 6.36. The Morgan fingerprint density at radius 2 is 1.87 bits per heavy atom. The predicted molar refractivity (Wildman–Crippen MR) is 143 cm³/mol. The third-order valence-corrected chi connectivity index (χ3v) is 6.88. The number of alkyl halides is 3. The molecule has 0 unspecified atom stereocenters. The molecule has 5 rings (SSSR count). The van der Waals surface area contributed by atoms with Crippen LogP contribution in [0.15, 0.2) is 48.5 Å². The molecule has 7 nitrogen and oxygen atoms in total. The molecule has 0 spiro atoms. The monoisotopic (exact) mass is 538 g/mol. The van der Waals surface area contributed by atoms with Gasteiger partial charge < -0.3 is 25.3 Å². The molecule has 204 valence electrons. The number of H-pyrrole nitrogens is 1. The summed E-state index contributed by atoms with van der Waals surface area (Å²) in [6.07, 6.45) is 0.176. The fourth-order valence-electron chi connectivity index (χ4n) is 5.13. The van der Waals surface area contributed by atoms with E-state index in [-0.39, 0.29) is 17.6 Å². The largest absolute Gasteiger partial charge is 0.573 e. The first-order valence-corrected chi connectivity index (χ1v) is 12.9. The zero-order valence-electron chi connectivity index (χ0n) is 21.5. The zero-order chi connectivity index (χ0) is 27.6. The number of aromatic amines is 1. The van der Waals surface area contributed by atoms with Crippen LogP contribution in [0.3, 0.4) is 0 Å². The Kier molecular flexibility index (Phi) is 7.47. The van der Waals surface area contributed by atoms with Crippen LogP contribution in [0.1, 0.15) is 46.6 Å². The van der Waals surface area contributed by atoms with Crippen LogP contribution in [-0.2, 0) is 4.79 Å². The number of ether oxygens (including phenoxy) is 1. The molecule has 0 bridgehead atoms. The molecule has 2 amide bonds. The normalized spacial score (nSPS) is 16.4. The van der Waals surface area contributed by atoms with E-state index in [9.17, 15) is 22.8 Å². The van der Waals surface area contributed by atoms with Crippen molar-refractivity contribution in [2.24, 2.45) is 0 Å². The highest BCUT2D eigenvalue weighted by Crippen LogP contribution is 2.41. The van der Waals surface area contributed by atoms with Gasteiger partial charge in [0.05, 0.1) is 16.8 Å². The van der Waals surface area contributed by atoms with Crippen molar-refractivity contribution in [1.29, 1.82) is 0 Å². The Labute approximate surface area is 224 Å². The van der Waals surface area contributed by atoms with Gasteiger partial charge in [-0.25, -0.2) is 0 Å². The van der Waals surface area contributed by atoms with Crippen molar-refractivity contribution in [2.75, 3.05) is 31.5 Å². The molecule has 3 N–H and O–H groups in total. The van der Waals surface area contributed by atoms with Gasteiger partial charge in [-0.15, -0.1) is 13.2 Å². The summed E-state index contributed by atoms with van der Waals surface area (Å²) in [5.41, 5.74) is 4.53. The van der Waals surface area contributed by atoms with Crippen LogP contribution in [0.4, 0.5) is 18.9 Å². The number of nitrogens with zero attached hydrogens (tertiary/aromatic N) is 1. The number of likely N-dealkylation sites (tertiary alicyclic amines) is 1. The van der Waals surface area contributed by atoms with Crippen molar-refractivity contribution >= 4 is 29.2 Å². The lowest BCUT2D eigenvalue weighted by molar-refractivity contribution is -0.274. The fourth-order valence-corrected chi connectivity index (χ4v) is 5.13. The van der Waals surface area contributed by atoms with E-state index in [4.69, 9.17) is 0 Å². The Morgan fingerprint density at radius 3 is 2.59 bits per heavy atom. The van der Waals surface area contributed by atoms with Gasteiger partial charge in [0.25, 0.3) is 11.8 Å². The number of carbonyl (C=O) groups excluding carboxylic acids is 2. The Balaban J connectivity index is 1.39.